The van der Waals surface area contributed by atoms with Crippen LogP contribution in [0.1, 0.15) is 25.8 Å². The second-order valence-electron chi connectivity index (χ2n) is 5.59. The molecule has 120 valence electrons. The zero-order chi connectivity index (χ0) is 15.5. The molecule has 0 radical (unpaired) electrons. The van der Waals surface area contributed by atoms with E-state index in [1.54, 1.807) is 7.11 Å². The molecule has 1 aromatic carbocycles. The molecule has 0 amide bonds. The number of hydrogen-bond acceptors (Lipinski definition) is 4. The fourth-order valence-corrected chi connectivity index (χ4v) is 2.08. The predicted molar refractivity (Wildman–Crippen MR) is 85.5 cm³/mol. The van der Waals surface area contributed by atoms with Gasteiger partial charge in [0.15, 0.2) is 0 Å². The molecule has 4 heteroatoms. The molecule has 0 aliphatic heterocycles. The molecule has 3 atom stereocenters. The molecular weight excluding hydrogens is 266 g/mol. The Morgan fingerprint density at radius 3 is 2.52 bits per heavy atom. The molecule has 1 aromatic rings. The molecule has 0 saturated heterocycles. The van der Waals surface area contributed by atoms with E-state index in [0.717, 1.165) is 12.8 Å². The lowest BCUT2D eigenvalue weighted by Crippen LogP contribution is -2.37. The van der Waals surface area contributed by atoms with E-state index < -0.39 is 6.10 Å². The lowest BCUT2D eigenvalue weighted by Gasteiger charge is -2.19. The van der Waals surface area contributed by atoms with Crippen LogP contribution in [0.25, 0.3) is 0 Å². The zero-order valence-electron chi connectivity index (χ0n) is 13.4. The minimum atomic E-state index is -0.483. The van der Waals surface area contributed by atoms with Gasteiger partial charge < -0.3 is 19.9 Å². The van der Waals surface area contributed by atoms with Gasteiger partial charge in [0.05, 0.1) is 25.4 Å². The highest BCUT2D eigenvalue weighted by Gasteiger charge is 2.10. The van der Waals surface area contributed by atoms with Crippen LogP contribution in [0.15, 0.2) is 30.3 Å². The van der Waals surface area contributed by atoms with Gasteiger partial charge in [-0.05, 0) is 32.3 Å². The van der Waals surface area contributed by atoms with Gasteiger partial charge >= 0.3 is 0 Å². The van der Waals surface area contributed by atoms with Gasteiger partial charge in [0.1, 0.15) is 0 Å². The molecule has 0 aliphatic rings. The van der Waals surface area contributed by atoms with Crippen molar-refractivity contribution in [1.29, 1.82) is 0 Å². The van der Waals surface area contributed by atoms with E-state index in [-0.39, 0.29) is 6.10 Å². The van der Waals surface area contributed by atoms with Crippen LogP contribution in [-0.4, -0.2) is 50.2 Å². The summed E-state index contributed by atoms with van der Waals surface area (Å²) in [4.78, 5) is 0. The highest BCUT2D eigenvalue weighted by atomic mass is 16.5. The summed E-state index contributed by atoms with van der Waals surface area (Å²) in [6.45, 7) is 5.52. The van der Waals surface area contributed by atoms with Crippen LogP contribution in [0, 0.1) is 0 Å². The minimum absolute atomic E-state index is 0.0140. The van der Waals surface area contributed by atoms with E-state index in [1.165, 1.54) is 5.56 Å². The Kier molecular flexibility index (Phi) is 9.26. The van der Waals surface area contributed by atoms with Gasteiger partial charge in [0, 0.05) is 19.7 Å². The normalized spacial score (nSPS) is 15.6. The summed E-state index contributed by atoms with van der Waals surface area (Å²) in [6.07, 6.45) is 1.63. The van der Waals surface area contributed by atoms with E-state index in [2.05, 4.69) is 36.5 Å². The molecule has 0 aliphatic carbocycles. The maximum Gasteiger partial charge on any atom is 0.0897 e. The Balaban J connectivity index is 2.10. The number of nitrogens with one attached hydrogen (secondary N) is 1. The minimum Gasteiger partial charge on any atom is -0.389 e. The van der Waals surface area contributed by atoms with E-state index >= 15 is 0 Å². The van der Waals surface area contributed by atoms with Crippen molar-refractivity contribution in [2.24, 2.45) is 0 Å². The third kappa shape index (κ3) is 8.83. The number of ether oxygens (including phenoxy) is 2. The number of aliphatic hydroxyl groups is 1. The second-order valence-corrected chi connectivity index (χ2v) is 5.59. The number of aryl methyl sites for hydroxylation is 1. The average molecular weight is 295 g/mol. The quantitative estimate of drug-likeness (QED) is 0.656. The summed E-state index contributed by atoms with van der Waals surface area (Å²) in [7, 11) is 1.65. The van der Waals surface area contributed by atoms with E-state index in [9.17, 15) is 5.11 Å². The van der Waals surface area contributed by atoms with Crippen molar-refractivity contribution >= 4 is 0 Å². The summed E-state index contributed by atoms with van der Waals surface area (Å²) >= 11 is 0. The molecule has 0 heterocycles. The number of hydrogen-bond donors (Lipinski definition) is 2. The molecule has 4 nitrogen and oxygen atoms in total. The Bertz CT molecular complexity index is 358. The van der Waals surface area contributed by atoms with Gasteiger partial charge in [-0.25, -0.2) is 0 Å². The van der Waals surface area contributed by atoms with Gasteiger partial charge in [0.25, 0.3) is 0 Å². The van der Waals surface area contributed by atoms with Gasteiger partial charge in [-0.3, -0.25) is 0 Å². The van der Waals surface area contributed by atoms with Gasteiger partial charge in [-0.1, -0.05) is 30.3 Å². The first-order chi connectivity index (χ1) is 10.1. The van der Waals surface area contributed by atoms with Crippen LogP contribution in [0.3, 0.4) is 0 Å². The fourth-order valence-electron chi connectivity index (χ4n) is 2.08. The Labute approximate surface area is 128 Å². The van der Waals surface area contributed by atoms with Crippen molar-refractivity contribution in [2.75, 3.05) is 26.9 Å². The first-order valence-electron chi connectivity index (χ1n) is 7.67. The average Bonchev–Trinajstić information content (AvgIpc) is 2.50. The second kappa shape index (κ2) is 10.7. The summed E-state index contributed by atoms with van der Waals surface area (Å²) in [5, 5.41) is 13.2. The van der Waals surface area contributed by atoms with Crippen LogP contribution in [0.2, 0.25) is 0 Å². The molecule has 3 unspecified atom stereocenters. The predicted octanol–water partition coefficient (Wildman–Crippen LogP) is 2.01. The summed E-state index contributed by atoms with van der Waals surface area (Å²) in [5.41, 5.74) is 1.35. The van der Waals surface area contributed by atoms with Crippen molar-refractivity contribution in [2.45, 2.75) is 44.9 Å². The van der Waals surface area contributed by atoms with E-state index in [0.29, 0.717) is 25.8 Å². The first kappa shape index (κ1) is 18.1. The van der Waals surface area contributed by atoms with E-state index in [1.807, 2.05) is 13.0 Å². The lowest BCUT2D eigenvalue weighted by atomic mass is 10.1. The topological polar surface area (TPSA) is 50.7 Å². The summed E-state index contributed by atoms with van der Waals surface area (Å²) < 4.78 is 10.5. The molecule has 0 bridgehead atoms. The molecule has 1 rings (SSSR count). The SMILES string of the molecule is COCC(C)OCC(O)CNC(C)CCc1ccccc1. The number of aliphatic hydroxyl groups excluding tert-OH is 1. The first-order valence-corrected chi connectivity index (χ1v) is 7.67. The van der Waals surface area contributed by atoms with Crippen molar-refractivity contribution in [1.82, 2.24) is 5.32 Å². The largest absolute Gasteiger partial charge is 0.389 e. The van der Waals surface area contributed by atoms with Gasteiger partial charge in [-0.15, -0.1) is 0 Å². The highest BCUT2D eigenvalue weighted by molar-refractivity contribution is 5.14. The number of methoxy groups -OCH3 is 1. The molecule has 21 heavy (non-hydrogen) atoms. The Morgan fingerprint density at radius 1 is 1.14 bits per heavy atom. The summed E-state index contributed by atoms with van der Waals surface area (Å²) in [6, 6.07) is 10.8. The number of rotatable bonds is 11. The van der Waals surface area contributed by atoms with Crippen molar-refractivity contribution < 1.29 is 14.6 Å². The van der Waals surface area contributed by atoms with Gasteiger partial charge in [-0.2, -0.15) is 0 Å². The lowest BCUT2D eigenvalue weighted by molar-refractivity contribution is -0.0315. The molecule has 0 aromatic heterocycles. The van der Waals surface area contributed by atoms with Crippen LogP contribution >= 0.6 is 0 Å². The van der Waals surface area contributed by atoms with Crippen molar-refractivity contribution in [3.8, 4) is 0 Å². The third-order valence-electron chi connectivity index (χ3n) is 3.39. The smallest absolute Gasteiger partial charge is 0.0897 e. The monoisotopic (exact) mass is 295 g/mol. The maximum atomic E-state index is 9.87. The molecule has 0 saturated carbocycles. The van der Waals surface area contributed by atoms with Crippen LogP contribution in [0.4, 0.5) is 0 Å². The maximum absolute atomic E-state index is 9.87. The highest BCUT2D eigenvalue weighted by Crippen LogP contribution is 2.04. The molecular formula is C17H29NO3. The van der Waals surface area contributed by atoms with Gasteiger partial charge in [0.2, 0.25) is 0 Å². The number of benzene rings is 1. The Morgan fingerprint density at radius 2 is 1.86 bits per heavy atom. The fraction of sp³-hybridized carbons (Fsp3) is 0.647. The summed E-state index contributed by atoms with van der Waals surface area (Å²) in [5.74, 6) is 0. The Hall–Kier alpha value is -0.940. The van der Waals surface area contributed by atoms with Crippen LogP contribution in [-0.2, 0) is 15.9 Å². The molecule has 0 fully saturated rings. The van der Waals surface area contributed by atoms with Crippen LogP contribution in [0.5, 0.6) is 0 Å². The third-order valence-corrected chi connectivity index (χ3v) is 3.39. The zero-order valence-corrected chi connectivity index (χ0v) is 13.4. The van der Waals surface area contributed by atoms with Crippen LogP contribution < -0.4 is 5.32 Å². The van der Waals surface area contributed by atoms with Crippen molar-refractivity contribution in [3.05, 3.63) is 35.9 Å². The molecule has 0 spiro atoms. The molecule has 2 N–H and O–H groups in total. The van der Waals surface area contributed by atoms with E-state index in [4.69, 9.17) is 9.47 Å². The van der Waals surface area contributed by atoms with Crippen molar-refractivity contribution in [3.63, 3.8) is 0 Å². The standard InChI is InChI=1S/C17H29NO3/c1-14(9-10-16-7-5-4-6-8-16)18-11-17(19)13-21-15(2)12-20-3/h4-8,14-15,17-19H,9-13H2,1-3H3.